The van der Waals surface area contributed by atoms with E-state index in [1.165, 1.54) is 18.2 Å². The molecule has 7 nitrogen and oxygen atoms in total. The van der Waals surface area contributed by atoms with Crippen molar-refractivity contribution < 1.29 is 19.2 Å². The predicted octanol–water partition coefficient (Wildman–Crippen LogP) is 4.95. The molecule has 1 amide bonds. The first-order chi connectivity index (χ1) is 14.0. The molecule has 0 saturated heterocycles. The van der Waals surface area contributed by atoms with Crippen molar-refractivity contribution in [3.05, 3.63) is 92.9 Å². The summed E-state index contributed by atoms with van der Waals surface area (Å²) >= 11 is 3.21. The van der Waals surface area contributed by atoms with Gasteiger partial charge in [0.2, 0.25) is 0 Å². The van der Waals surface area contributed by atoms with Crippen LogP contribution >= 0.6 is 15.9 Å². The van der Waals surface area contributed by atoms with Crippen LogP contribution in [0.4, 0.5) is 11.4 Å². The number of rotatable bonds is 8. The Hall–Kier alpha value is -3.39. The van der Waals surface area contributed by atoms with Gasteiger partial charge in [-0.15, -0.1) is 0 Å². The van der Waals surface area contributed by atoms with Gasteiger partial charge >= 0.3 is 0 Å². The van der Waals surface area contributed by atoms with Crippen LogP contribution in [0.15, 0.2) is 77.3 Å². The van der Waals surface area contributed by atoms with Crippen molar-refractivity contribution in [3.63, 3.8) is 0 Å². The lowest BCUT2D eigenvalue weighted by atomic mass is 10.2. The smallest absolute Gasteiger partial charge is 0.270 e. The van der Waals surface area contributed by atoms with E-state index >= 15 is 0 Å². The lowest BCUT2D eigenvalue weighted by Gasteiger charge is -2.10. The highest BCUT2D eigenvalue weighted by Crippen LogP contribution is 2.27. The summed E-state index contributed by atoms with van der Waals surface area (Å²) in [6, 6.07) is 20.9. The van der Waals surface area contributed by atoms with Crippen molar-refractivity contribution in [1.29, 1.82) is 0 Å². The van der Waals surface area contributed by atoms with Crippen molar-refractivity contribution in [1.82, 2.24) is 0 Å². The van der Waals surface area contributed by atoms with Crippen LogP contribution in [0, 0.1) is 10.1 Å². The molecule has 0 spiro atoms. The van der Waals surface area contributed by atoms with E-state index in [2.05, 4.69) is 21.2 Å². The highest BCUT2D eigenvalue weighted by Gasteiger charge is 2.11. The average molecular weight is 457 g/mol. The standard InChI is InChI=1S/C21H17BrN2O5/c22-19-12-16(24(26)27)6-11-20(19)23-21(25)14-29-18-9-7-17(8-10-18)28-13-15-4-2-1-3-5-15/h1-12H,13-14H2,(H,23,25). The van der Waals surface area contributed by atoms with Gasteiger partial charge in [-0.1, -0.05) is 30.3 Å². The van der Waals surface area contributed by atoms with Crippen LogP contribution in [0.5, 0.6) is 11.5 Å². The minimum Gasteiger partial charge on any atom is -0.489 e. The van der Waals surface area contributed by atoms with Gasteiger partial charge in [-0.3, -0.25) is 14.9 Å². The monoisotopic (exact) mass is 456 g/mol. The molecule has 0 aliphatic carbocycles. The van der Waals surface area contributed by atoms with Crippen LogP contribution < -0.4 is 14.8 Å². The van der Waals surface area contributed by atoms with Crippen LogP contribution in [0.25, 0.3) is 0 Å². The fraction of sp³-hybridized carbons (Fsp3) is 0.0952. The largest absolute Gasteiger partial charge is 0.489 e. The molecule has 0 saturated carbocycles. The molecule has 0 radical (unpaired) electrons. The molecule has 3 rings (SSSR count). The number of hydrogen-bond acceptors (Lipinski definition) is 5. The number of nitro groups is 1. The van der Waals surface area contributed by atoms with Crippen LogP contribution in [0.2, 0.25) is 0 Å². The molecule has 148 valence electrons. The second-order valence-corrected chi connectivity index (χ2v) is 6.86. The first-order valence-corrected chi connectivity index (χ1v) is 9.44. The lowest BCUT2D eigenvalue weighted by molar-refractivity contribution is -0.384. The number of carbonyl (C=O) groups excluding carboxylic acids is 1. The Morgan fingerprint density at radius 1 is 0.966 bits per heavy atom. The van der Waals surface area contributed by atoms with Crippen LogP contribution in [-0.4, -0.2) is 17.4 Å². The summed E-state index contributed by atoms with van der Waals surface area (Å²) in [5.74, 6) is 0.833. The zero-order valence-electron chi connectivity index (χ0n) is 15.2. The molecule has 0 bridgehead atoms. The van der Waals surface area contributed by atoms with Crippen molar-refractivity contribution in [2.75, 3.05) is 11.9 Å². The first kappa shape index (κ1) is 20.3. The van der Waals surface area contributed by atoms with Crippen molar-refractivity contribution >= 4 is 33.2 Å². The summed E-state index contributed by atoms with van der Waals surface area (Å²) in [6.45, 7) is 0.265. The summed E-state index contributed by atoms with van der Waals surface area (Å²) in [7, 11) is 0. The average Bonchev–Trinajstić information content (AvgIpc) is 2.73. The maximum atomic E-state index is 12.1. The molecular weight excluding hydrogens is 440 g/mol. The Morgan fingerprint density at radius 2 is 1.62 bits per heavy atom. The number of hydrogen-bond donors (Lipinski definition) is 1. The molecule has 1 N–H and O–H groups in total. The molecule has 0 fully saturated rings. The molecule has 8 heteroatoms. The van der Waals surface area contributed by atoms with Gasteiger partial charge in [-0.05, 0) is 51.8 Å². The SMILES string of the molecule is O=C(COc1ccc(OCc2ccccc2)cc1)Nc1ccc([N+](=O)[O-])cc1Br. The number of ether oxygens (including phenoxy) is 2. The maximum absolute atomic E-state index is 12.1. The summed E-state index contributed by atoms with van der Waals surface area (Å²) in [6.07, 6.45) is 0. The number of amides is 1. The van der Waals surface area contributed by atoms with Gasteiger partial charge in [-0.2, -0.15) is 0 Å². The molecule has 0 aliphatic rings. The third-order valence-corrected chi connectivity index (χ3v) is 4.54. The predicted molar refractivity (Wildman–Crippen MR) is 112 cm³/mol. The zero-order valence-corrected chi connectivity index (χ0v) is 16.8. The maximum Gasteiger partial charge on any atom is 0.270 e. The number of nitrogens with one attached hydrogen (secondary N) is 1. The normalized spacial score (nSPS) is 10.2. The molecule has 0 unspecified atom stereocenters. The number of nitro benzene ring substituents is 1. The van der Waals surface area contributed by atoms with Gasteiger partial charge in [0.1, 0.15) is 18.1 Å². The second-order valence-electron chi connectivity index (χ2n) is 6.00. The Morgan fingerprint density at radius 3 is 2.24 bits per heavy atom. The molecule has 3 aromatic carbocycles. The Kier molecular flexibility index (Phi) is 6.80. The Balaban J connectivity index is 1.48. The van der Waals surface area contributed by atoms with E-state index in [1.807, 2.05) is 30.3 Å². The van der Waals surface area contributed by atoms with Gasteiger partial charge in [0.15, 0.2) is 6.61 Å². The van der Waals surface area contributed by atoms with E-state index < -0.39 is 4.92 Å². The quantitative estimate of drug-likeness (QED) is 0.382. The number of nitrogens with zero attached hydrogens (tertiary/aromatic N) is 1. The molecule has 0 aromatic heterocycles. The molecule has 0 atom stereocenters. The van der Waals surface area contributed by atoms with Crippen LogP contribution in [0.1, 0.15) is 5.56 Å². The Labute approximate surface area is 175 Å². The molecule has 0 aliphatic heterocycles. The topological polar surface area (TPSA) is 90.7 Å². The summed E-state index contributed by atoms with van der Waals surface area (Å²) in [5, 5.41) is 13.4. The van der Waals surface area contributed by atoms with Crippen molar-refractivity contribution in [3.8, 4) is 11.5 Å². The summed E-state index contributed by atoms with van der Waals surface area (Å²) in [4.78, 5) is 22.3. The van der Waals surface area contributed by atoms with E-state index in [1.54, 1.807) is 24.3 Å². The van der Waals surface area contributed by atoms with Gasteiger partial charge in [0.05, 0.1) is 10.6 Å². The molecular formula is C21H17BrN2O5. The van der Waals surface area contributed by atoms with Crippen LogP contribution in [-0.2, 0) is 11.4 Å². The van der Waals surface area contributed by atoms with Gasteiger partial charge < -0.3 is 14.8 Å². The molecule has 3 aromatic rings. The molecule has 0 heterocycles. The second kappa shape index (κ2) is 9.70. The highest BCUT2D eigenvalue weighted by molar-refractivity contribution is 9.10. The zero-order chi connectivity index (χ0) is 20.6. The minimum atomic E-state index is -0.507. The summed E-state index contributed by atoms with van der Waals surface area (Å²) < 4.78 is 11.6. The Bertz CT molecular complexity index is 994. The van der Waals surface area contributed by atoms with Gasteiger partial charge in [-0.25, -0.2) is 0 Å². The lowest BCUT2D eigenvalue weighted by Crippen LogP contribution is -2.20. The minimum absolute atomic E-state index is 0.0688. The number of halogens is 1. The third kappa shape index (κ3) is 6.05. The van der Waals surface area contributed by atoms with Gasteiger partial charge in [0, 0.05) is 16.6 Å². The fourth-order valence-electron chi connectivity index (χ4n) is 2.43. The fourth-order valence-corrected chi connectivity index (χ4v) is 2.89. The number of anilines is 1. The van der Waals surface area contributed by atoms with Crippen molar-refractivity contribution in [2.45, 2.75) is 6.61 Å². The summed E-state index contributed by atoms with van der Waals surface area (Å²) in [5.41, 5.74) is 1.43. The van der Waals surface area contributed by atoms with E-state index in [9.17, 15) is 14.9 Å². The molecule has 29 heavy (non-hydrogen) atoms. The van der Waals surface area contributed by atoms with E-state index in [-0.39, 0.29) is 18.2 Å². The van der Waals surface area contributed by atoms with Crippen LogP contribution in [0.3, 0.4) is 0 Å². The van der Waals surface area contributed by atoms with Gasteiger partial charge in [0.25, 0.3) is 11.6 Å². The highest BCUT2D eigenvalue weighted by atomic mass is 79.9. The third-order valence-electron chi connectivity index (χ3n) is 3.88. The number of carbonyl (C=O) groups is 1. The van der Waals surface area contributed by atoms with E-state index in [4.69, 9.17) is 9.47 Å². The van der Waals surface area contributed by atoms with E-state index in [0.717, 1.165) is 5.56 Å². The first-order valence-electron chi connectivity index (χ1n) is 8.64. The number of non-ortho nitro benzene ring substituents is 1. The van der Waals surface area contributed by atoms with Crippen molar-refractivity contribution in [2.24, 2.45) is 0 Å². The number of benzene rings is 3. The van der Waals surface area contributed by atoms with E-state index in [0.29, 0.717) is 28.3 Å².